The molecule has 0 N–H and O–H groups in total. The molecule has 6 heterocycles. The van der Waals surface area contributed by atoms with E-state index in [1.54, 1.807) is 0 Å². The van der Waals surface area contributed by atoms with E-state index in [4.69, 9.17) is 0 Å². The third-order valence-electron chi connectivity index (χ3n) is 16.3. The minimum atomic E-state index is 0.128. The van der Waals surface area contributed by atoms with Crippen molar-refractivity contribution in [2.75, 3.05) is 78.5 Å². The predicted octanol–water partition coefficient (Wildman–Crippen LogP) is 7.92. The summed E-state index contributed by atoms with van der Waals surface area (Å²) in [6.45, 7) is 61.8. The van der Waals surface area contributed by atoms with Crippen LogP contribution in [0.5, 0.6) is 0 Å². The van der Waals surface area contributed by atoms with Crippen LogP contribution in [0, 0.1) is 17.3 Å². The van der Waals surface area contributed by atoms with Gasteiger partial charge in [0.1, 0.15) is 0 Å². The highest BCUT2D eigenvalue weighted by molar-refractivity contribution is 5.06. The first-order chi connectivity index (χ1) is 26.4. The third kappa shape index (κ3) is 10.5. The average Bonchev–Trinajstić information content (AvgIpc) is 2.93. The molecule has 0 aliphatic carbocycles. The van der Waals surface area contributed by atoms with E-state index in [9.17, 15) is 0 Å². The summed E-state index contributed by atoms with van der Waals surface area (Å²) in [7, 11) is 0. The van der Waals surface area contributed by atoms with Gasteiger partial charge in [-0.05, 0) is 160 Å². The van der Waals surface area contributed by atoms with E-state index < -0.39 is 0 Å². The van der Waals surface area contributed by atoms with Gasteiger partial charge in [0.15, 0.2) is 0 Å². The highest BCUT2D eigenvalue weighted by Crippen LogP contribution is 2.44. The van der Waals surface area contributed by atoms with Crippen LogP contribution in [-0.2, 0) is 0 Å². The Labute approximate surface area is 361 Å². The zero-order valence-electron chi connectivity index (χ0n) is 42.1. The van der Waals surface area contributed by atoms with Crippen molar-refractivity contribution in [3.63, 3.8) is 0 Å². The molecule has 0 saturated carbocycles. The zero-order valence-corrected chi connectivity index (χ0v) is 42.1. The SMILES string of the molecule is CC1CN(C2CN(C(C)(C)C)C2)CC(CC[C@@H]2CN(C3CN(C(C)(C)C)C3)C[C@H](CC3CN(C4CN(C(C)(C)C)C4)CCC3C(C)(C)C)N2C(C)(C)C)N1C(C)(C)C. The maximum Gasteiger partial charge on any atom is 0.0352 e. The molecule has 338 valence electrons. The molecular formula is C50H98N8. The molecule has 0 aromatic rings. The third-order valence-corrected chi connectivity index (χ3v) is 16.3. The minimum absolute atomic E-state index is 0.128. The maximum atomic E-state index is 3.12. The first kappa shape index (κ1) is 47.2. The van der Waals surface area contributed by atoms with E-state index in [0.717, 1.165) is 17.9 Å². The Kier molecular flexibility index (Phi) is 13.6. The van der Waals surface area contributed by atoms with Gasteiger partial charge in [-0.3, -0.25) is 39.2 Å². The Bertz CT molecular complexity index is 1340. The predicted molar refractivity (Wildman–Crippen MR) is 249 cm³/mol. The molecule has 6 fully saturated rings. The first-order valence-electron chi connectivity index (χ1n) is 24.5. The second-order valence-corrected chi connectivity index (χ2v) is 26.9. The monoisotopic (exact) mass is 811 g/mol. The Balaban J connectivity index is 1.25. The van der Waals surface area contributed by atoms with Crippen LogP contribution >= 0.6 is 0 Å². The molecule has 0 bridgehead atoms. The highest BCUT2D eigenvalue weighted by Gasteiger charge is 2.50. The average molecular weight is 811 g/mol. The smallest absolute Gasteiger partial charge is 0.0352 e. The molecule has 8 nitrogen and oxygen atoms in total. The van der Waals surface area contributed by atoms with E-state index in [1.165, 1.54) is 104 Å². The molecule has 0 aromatic heterocycles. The lowest BCUT2D eigenvalue weighted by atomic mass is 9.67. The molecule has 6 rings (SSSR count). The first-order valence-corrected chi connectivity index (χ1v) is 24.5. The molecule has 58 heavy (non-hydrogen) atoms. The summed E-state index contributed by atoms with van der Waals surface area (Å²) >= 11 is 0. The van der Waals surface area contributed by atoms with Crippen LogP contribution in [0.1, 0.15) is 157 Å². The quantitative estimate of drug-likeness (QED) is 0.244. The molecule has 0 radical (unpaired) electrons. The molecular weight excluding hydrogens is 713 g/mol. The van der Waals surface area contributed by atoms with Crippen LogP contribution in [0.25, 0.3) is 0 Å². The van der Waals surface area contributed by atoms with Crippen molar-refractivity contribution >= 4 is 0 Å². The Morgan fingerprint density at radius 2 is 0.776 bits per heavy atom. The molecule has 6 saturated heterocycles. The van der Waals surface area contributed by atoms with Gasteiger partial charge in [-0.25, -0.2) is 0 Å². The number of rotatable bonds is 8. The number of likely N-dealkylation sites (tertiary alicyclic amines) is 4. The summed E-state index contributed by atoms with van der Waals surface area (Å²) < 4.78 is 0. The van der Waals surface area contributed by atoms with Gasteiger partial charge in [-0.1, -0.05) is 20.8 Å². The molecule has 6 aliphatic heterocycles. The second-order valence-electron chi connectivity index (χ2n) is 26.9. The summed E-state index contributed by atoms with van der Waals surface area (Å²) in [5.41, 5.74) is 1.43. The summed E-state index contributed by atoms with van der Waals surface area (Å²) in [5.74, 6) is 1.51. The Morgan fingerprint density at radius 3 is 1.17 bits per heavy atom. The lowest BCUT2D eigenvalue weighted by molar-refractivity contribution is -0.111. The van der Waals surface area contributed by atoms with Gasteiger partial charge in [0.25, 0.3) is 0 Å². The molecule has 4 unspecified atom stereocenters. The van der Waals surface area contributed by atoms with E-state index in [2.05, 4.69) is 171 Å². The number of piperazine rings is 2. The normalized spacial score (nSPS) is 33.4. The van der Waals surface area contributed by atoms with Gasteiger partial charge in [0.05, 0.1) is 0 Å². The van der Waals surface area contributed by atoms with Crippen LogP contribution in [0.3, 0.4) is 0 Å². The van der Waals surface area contributed by atoms with E-state index in [0.29, 0.717) is 41.7 Å². The van der Waals surface area contributed by atoms with Crippen LogP contribution in [-0.4, -0.2) is 188 Å². The fourth-order valence-electron chi connectivity index (χ4n) is 13.1. The van der Waals surface area contributed by atoms with Gasteiger partial charge in [-0.15, -0.1) is 0 Å². The van der Waals surface area contributed by atoms with Crippen LogP contribution in [0.2, 0.25) is 0 Å². The Hall–Kier alpha value is -0.320. The fraction of sp³-hybridized carbons (Fsp3) is 1.00. The van der Waals surface area contributed by atoms with E-state index in [1.807, 2.05) is 0 Å². The summed E-state index contributed by atoms with van der Waals surface area (Å²) in [4.78, 5) is 23.1. The molecule has 0 spiro atoms. The van der Waals surface area contributed by atoms with Crippen molar-refractivity contribution < 1.29 is 0 Å². The Morgan fingerprint density at radius 1 is 0.397 bits per heavy atom. The highest BCUT2D eigenvalue weighted by atomic mass is 15.4. The maximum absolute atomic E-state index is 3.12. The second kappa shape index (κ2) is 16.7. The van der Waals surface area contributed by atoms with Crippen molar-refractivity contribution in [2.45, 2.75) is 227 Å². The fourth-order valence-corrected chi connectivity index (χ4v) is 13.1. The van der Waals surface area contributed by atoms with Crippen LogP contribution in [0.15, 0.2) is 0 Å². The number of hydrogen-bond donors (Lipinski definition) is 0. The molecule has 0 amide bonds. The van der Waals surface area contributed by atoms with E-state index >= 15 is 0 Å². The van der Waals surface area contributed by atoms with Gasteiger partial charge in [-0.2, -0.15) is 0 Å². The molecule has 6 aliphatic rings. The van der Waals surface area contributed by atoms with Crippen molar-refractivity contribution in [3.8, 4) is 0 Å². The summed E-state index contributed by atoms with van der Waals surface area (Å²) in [6.07, 6.45) is 5.27. The van der Waals surface area contributed by atoms with Gasteiger partial charge < -0.3 is 0 Å². The molecule has 8 heteroatoms. The lowest BCUT2D eigenvalue weighted by Gasteiger charge is -2.60. The standard InChI is InChI=1S/C50H98N8/c1-36-25-52(42-32-55(33-42)47(8,9)10)27-38(57(36)49(14,15)16)20-21-39-28-53(43-34-56(35-43)48(11,12)13)29-40(58(39)50(17,18)19)24-37-26-51(23-22-44(37)45(2,3)4)41-30-54(31-41)46(5,6)7/h36-44H,20-35H2,1-19H3/t36?,37?,38?,39-,40+,44?/m1/s1. The van der Waals surface area contributed by atoms with Crippen molar-refractivity contribution in [1.82, 2.24) is 39.2 Å². The lowest BCUT2D eigenvalue weighted by Crippen LogP contribution is -2.72. The number of piperidine rings is 1. The minimum Gasteiger partial charge on any atom is -0.298 e. The number of nitrogens with zero attached hydrogens (tertiary/aromatic N) is 8. The topological polar surface area (TPSA) is 25.9 Å². The largest absolute Gasteiger partial charge is 0.298 e. The number of hydrogen-bond acceptors (Lipinski definition) is 8. The molecule has 6 atom stereocenters. The summed E-state index contributed by atoms with van der Waals surface area (Å²) in [6, 6.07) is 4.46. The van der Waals surface area contributed by atoms with Crippen LogP contribution in [0.4, 0.5) is 0 Å². The van der Waals surface area contributed by atoms with Gasteiger partial charge in [0.2, 0.25) is 0 Å². The van der Waals surface area contributed by atoms with Gasteiger partial charge in [0, 0.05) is 142 Å². The van der Waals surface area contributed by atoms with Gasteiger partial charge >= 0.3 is 0 Å². The van der Waals surface area contributed by atoms with Crippen LogP contribution < -0.4 is 0 Å². The molecule has 0 aromatic carbocycles. The van der Waals surface area contributed by atoms with Crippen molar-refractivity contribution in [2.24, 2.45) is 17.3 Å². The van der Waals surface area contributed by atoms with Crippen molar-refractivity contribution in [3.05, 3.63) is 0 Å². The van der Waals surface area contributed by atoms with E-state index in [-0.39, 0.29) is 27.7 Å². The zero-order chi connectivity index (χ0) is 43.1. The summed E-state index contributed by atoms with van der Waals surface area (Å²) in [5, 5.41) is 0. The van der Waals surface area contributed by atoms with Crippen molar-refractivity contribution in [1.29, 1.82) is 0 Å².